The van der Waals surface area contributed by atoms with E-state index in [1.807, 2.05) is 0 Å². The molecule has 2 heterocycles. The number of aromatic nitrogens is 6. The molecular formula is C8H10N6O. The van der Waals surface area contributed by atoms with E-state index in [-0.39, 0.29) is 12.3 Å². The molecule has 0 saturated carbocycles. The summed E-state index contributed by atoms with van der Waals surface area (Å²) in [5.74, 6) is 0.561. The SMILES string of the molecule is Cc1nnnn1CC(=O)c1cnn(C)c1. The van der Waals surface area contributed by atoms with Crippen molar-refractivity contribution in [2.45, 2.75) is 13.5 Å². The van der Waals surface area contributed by atoms with Gasteiger partial charge in [0, 0.05) is 13.2 Å². The Bertz CT molecular complexity index is 485. The van der Waals surface area contributed by atoms with Gasteiger partial charge in [-0.1, -0.05) is 0 Å². The fourth-order valence-corrected chi connectivity index (χ4v) is 1.19. The number of carbonyl (C=O) groups excluding carboxylic acids is 1. The minimum atomic E-state index is -0.0569. The van der Waals surface area contributed by atoms with Gasteiger partial charge >= 0.3 is 0 Å². The first-order valence-electron chi connectivity index (χ1n) is 4.41. The Labute approximate surface area is 85.7 Å². The first kappa shape index (κ1) is 9.50. The van der Waals surface area contributed by atoms with E-state index in [0.717, 1.165) is 0 Å². The van der Waals surface area contributed by atoms with Crippen molar-refractivity contribution in [1.29, 1.82) is 0 Å². The van der Waals surface area contributed by atoms with Crippen molar-refractivity contribution < 1.29 is 4.79 Å². The maximum atomic E-state index is 11.7. The zero-order chi connectivity index (χ0) is 10.8. The third-order valence-corrected chi connectivity index (χ3v) is 2.03. The van der Waals surface area contributed by atoms with Crippen LogP contribution in [0.2, 0.25) is 0 Å². The normalized spacial score (nSPS) is 10.5. The van der Waals surface area contributed by atoms with Crippen molar-refractivity contribution in [2.24, 2.45) is 7.05 Å². The Morgan fingerprint density at radius 2 is 2.33 bits per heavy atom. The standard InChI is InChI=1S/C8H10N6O/c1-6-10-11-12-14(6)5-8(15)7-3-9-13(2)4-7/h3-4H,5H2,1-2H3. The zero-order valence-corrected chi connectivity index (χ0v) is 8.45. The number of hydrogen-bond donors (Lipinski definition) is 0. The quantitative estimate of drug-likeness (QED) is 0.638. The molecule has 2 rings (SSSR count). The molecule has 0 saturated heterocycles. The average Bonchev–Trinajstić information content (AvgIpc) is 2.77. The summed E-state index contributed by atoms with van der Waals surface area (Å²) in [6, 6.07) is 0. The number of rotatable bonds is 3. The van der Waals surface area contributed by atoms with Gasteiger partial charge in [0.15, 0.2) is 5.78 Å². The second-order valence-electron chi connectivity index (χ2n) is 3.21. The van der Waals surface area contributed by atoms with Gasteiger partial charge in [0.2, 0.25) is 0 Å². The Morgan fingerprint density at radius 1 is 1.53 bits per heavy atom. The lowest BCUT2D eigenvalue weighted by Gasteiger charge is -1.98. The highest BCUT2D eigenvalue weighted by Crippen LogP contribution is 2.00. The van der Waals surface area contributed by atoms with Crippen molar-refractivity contribution in [2.75, 3.05) is 0 Å². The Morgan fingerprint density at radius 3 is 2.87 bits per heavy atom. The van der Waals surface area contributed by atoms with Crippen LogP contribution in [0.4, 0.5) is 0 Å². The lowest BCUT2D eigenvalue weighted by molar-refractivity contribution is 0.0966. The average molecular weight is 206 g/mol. The minimum absolute atomic E-state index is 0.0569. The van der Waals surface area contributed by atoms with Gasteiger partial charge in [-0.3, -0.25) is 9.48 Å². The van der Waals surface area contributed by atoms with E-state index in [1.54, 1.807) is 24.9 Å². The Hall–Kier alpha value is -2.05. The van der Waals surface area contributed by atoms with Crippen LogP contribution in [0.15, 0.2) is 12.4 Å². The topological polar surface area (TPSA) is 78.5 Å². The second kappa shape index (κ2) is 3.60. The molecule has 0 bridgehead atoms. The molecule has 78 valence electrons. The van der Waals surface area contributed by atoms with Gasteiger partial charge < -0.3 is 0 Å². The maximum Gasteiger partial charge on any atom is 0.187 e. The summed E-state index contributed by atoms with van der Waals surface area (Å²) in [6.07, 6.45) is 3.20. The molecule has 0 aliphatic rings. The summed E-state index contributed by atoms with van der Waals surface area (Å²) < 4.78 is 3.04. The largest absolute Gasteiger partial charge is 0.292 e. The number of tetrazole rings is 1. The van der Waals surface area contributed by atoms with Crippen LogP contribution < -0.4 is 0 Å². The summed E-state index contributed by atoms with van der Waals surface area (Å²) in [6.45, 7) is 1.89. The smallest absolute Gasteiger partial charge is 0.187 e. The lowest BCUT2D eigenvalue weighted by atomic mass is 10.2. The molecule has 0 radical (unpaired) electrons. The minimum Gasteiger partial charge on any atom is -0.292 e. The first-order valence-corrected chi connectivity index (χ1v) is 4.41. The molecule has 7 heteroatoms. The molecule has 0 atom stereocenters. The van der Waals surface area contributed by atoms with Gasteiger partial charge in [-0.25, -0.2) is 4.68 Å². The van der Waals surface area contributed by atoms with Crippen LogP contribution in [0.3, 0.4) is 0 Å². The van der Waals surface area contributed by atoms with E-state index < -0.39 is 0 Å². The third kappa shape index (κ3) is 1.90. The number of ketones is 1. The summed E-state index contributed by atoms with van der Waals surface area (Å²) in [4.78, 5) is 11.7. The molecule has 2 aromatic rings. The number of Topliss-reactive ketones (excluding diaryl/α,β-unsaturated/α-hetero) is 1. The second-order valence-corrected chi connectivity index (χ2v) is 3.21. The first-order chi connectivity index (χ1) is 7.16. The van der Waals surface area contributed by atoms with Crippen LogP contribution in [-0.4, -0.2) is 35.8 Å². The van der Waals surface area contributed by atoms with Gasteiger partial charge in [-0.05, 0) is 17.4 Å². The van der Waals surface area contributed by atoms with E-state index in [4.69, 9.17) is 0 Å². The number of aryl methyl sites for hydroxylation is 2. The third-order valence-electron chi connectivity index (χ3n) is 2.03. The van der Waals surface area contributed by atoms with Gasteiger partial charge in [-0.15, -0.1) is 5.10 Å². The fourth-order valence-electron chi connectivity index (χ4n) is 1.19. The van der Waals surface area contributed by atoms with Crippen molar-refractivity contribution in [3.8, 4) is 0 Å². The summed E-state index contributed by atoms with van der Waals surface area (Å²) in [5.41, 5.74) is 0.562. The van der Waals surface area contributed by atoms with E-state index in [0.29, 0.717) is 11.4 Å². The van der Waals surface area contributed by atoms with Crippen LogP contribution >= 0.6 is 0 Å². The highest BCUT2D eigenvalue weighted by Gasteiger charge is 2.11. The predicted molar refractivity (Wildman–Crippen MR) is 50.1 cm³/mol. The molecule has 0 unspecified atom stereocenters. The molecule has 0 aliphatic carbocycles. The molecular weight excluding hydrogens is 196 g/mol. The highest BCUT2D eigenvalue weighted by molar-refractivity contribution is 5.95. The highest BCUT2D eigenvalue weighted by atomic mass is 16.1. The van der Waals surface area contributed by atoms with Crippen molar-refractivity contribution >= 4 is 5.78 Å². The van der Waals surface area contributed by atoms with Crippen molar-refractivity contribution in [3.05, 3.63) is 23.8 Å². The van der Waals surface area contributed by atoms with E-state index in [1.165, 1.54) is 10.9 Å². The van der Waals surface area contributed by atoms with Crippen LogP contribution in [0.25, 0.3) is 0 Å². The van der Waals surface area contributed by atoms with Gasteiger partial charge in [0.25, 0.3) is 0 Å². The van der Waals surface area contributed by atoms with Gasteiger partial charge in [0.05, 0.1) is 11.8 Å². The van der Waals surface area contributed by atoms with E-state index in [2.05, 4.69) is 20.6 Å². The summed E-state index contributed by atoms with van der Waals surface area (Å²) >= 11 is 0. The molecule has 0 aromatic carbocycles. The van der Waals surface area contributed by atoms with Gasteiger partial charge in [0.1, 0.15) is 12.4 Å². The summed E-state index contributed by atoms with van der Waals surface area (Å²) in [5, 5.41) is 14.8. The molecule has 0 N–H and O–H groups in total. The van der Waals surface area contributed by atoms with Gasteiger partial charge in [-0.2, -0.15) is 5.10 Å². The molecule has 0 spiro atoms. The van der Waals surface area contributed by atoms with Crippen LogP contribution in [0.5, 0.6) is 0 Å². The number of hydrogen-bond acceptors (Lipinski definition) is 5. The molecule has 7 nitrogen and oxygen atoms in total. The van der Waals surface area contributed by atoms with Crippen LogP contribution in [-0.2, 0) is 13.6 Å². The van der Waals surface area contributed by atoms with Crippen molar-refractivity contribution in [3.63, 3.8) is 0 Å². The maximum absolute atomic E-state index is 11.7. The lowest BCUT2D eigenvalue weighted by Crippen LogP contribution is -2.12. The molecule has 2 aromatic heterocycles. The fraction of sp³-hybridized carbons (Fsp3) is 0.375. The number of carbonyl (C=O) groups is 1. The molecule has 0 aliphatic heterocycles. The number of nitrogens with zero attached hydrogens (tertiary/aromatic N) is 6. The molecule has 0 amide bonds. The summed E-state index contributed by atoms with van der Waals surface area (Å²) in [7, 11) is 1.76. The van der Waals surface area contributed by atoms with Crippen LogP contribution in [0, 0.1) is 6.92 Å². The van der Waals surface area contributed by atoms with Crippen molar-refractivity contribution in [1.82, 2.24) is 30.0 Å². The molecule has 15 heavy (non-hydrogen) atoms. The van der Waals surface area contributed by atoms with E-state index >= 15 is 0 Å². The predicted octanol–water partition coefficient (Wildman–Crippen LogP) is -0.402. The monoisotopic (exact) mass is 206 g/mol. The zero-order valence-electron chi connectivity index (χ0n) is 8.45. The Kier molecular flexibility index (Phi) is 2.28. The van der Waals surface area contributed by atoms with E-state index in [9.17, 15) is 4.79 Å². The Balaban J connectivity index is 2.14. The molecule has 0 fully saturated rings. The van der Waals surface area contributed by atoms with Crippen LogP contribution in [0.1, 0.15) is 16.2 Å².